The van der Waals surface area contributed by atoms with Crippen LogP contribution in [0, 0.1) is 6.92 Å². The predicted octanol–water partition coefficient (Wildman–Crippen LogP) is 4.42. The van der Waals surface area contributed by atoms with Crippen LogP contribution in [-0.4, -0.2) is 7.11 Å². The van der Waals surface area contributed by atoms with Crippen molar-refractivity contribution in [2.24, 2.45) is 10.2 Å². The third kappa shape index (κ3) is 2.91. The van der Waals surface area contributed by atoms with Gasteiger partial charge in [-0.05, 0) is 42.8 Å². The van der Waals surface area contributed by atoms with Gasteiger partial charge in [-0.1, -0.05) is 18.2 Å². The van der Waals surface area contributed by atoms with E-state index in [1.54, 1.807) is 7.11 Å². The summed E-state index contributed by atoms with van der Waals surface area (Å²) in [5.41, 5.74) is 2.82. The number of azo groups is 1. The lowest BCUT2D eigenvalue weighted by Gasteiger charge is -1.99. The highest BCUT2D eigenvalue weighted by atomic mass is 16.5. The lowest BCUT2D eigenvalue weighted by atomic mass is 10.2. The Morgan fingerprint density at radius 1 is 0.882 bits per heavy atom. The fourth-order valence-corrected chi connectivity index (χ4v) is 1.44. The van der Waals surface area contributed by atoms with Crippen molar-refractivity contribution in [1.29, 1.82) is 0 Å². The molecular weight excluding hydrogens is 212 g/mol. The van der Waals surface area contributed by atoms with Crippen LogP contribution in [0.1, 0.15) is 5.56 Å². The first kappa shape index (κ1) is 11.3. The Bertz CT molecular complexity index is 518. The van der Waals surface area contributed by atoms with E-state index >= 15 is 0 Å². The summed E-state index contributed by atoms with van der Waals surface area (Å²) in [5, 5.41) is 8.40. The minimum absolute atomic E-state index is 0.814. The van der Waals surface area contributed by atoms with Crippen molar-refractivity contribution in [3.8, 4) is 5.75 Å². The molecule has 0 aliphatic carbocycles. The van der Waals surface area contributed by atoms with Crippen molar-refractivity contribution >= 4 is 11.4 Å². The van der Waals surface area contributed by atoms with Crippen LogP contribution in [0.2, 0.25) is 0 Å². The average Bonchev–Trinajstić information content (AvgIpc) is 2.38. The van der Waals surface area contributed by atoms with Gasteiger partial charge in [0.25, 0.3) is 0 Å². The zero-order valence-corrected chi connectivity index (χ0v) is 9.92. The quantitative estimate of drug-likeness (QED) is 0.713. The third-order valence-electron chi connectivity index (χ3n) is 2.46. The molecule has 0 heterocycles. The molecule has 0 bridgehead atoms. The monoisotopic (exact) mass is 226 g/mol. The van der Waals surface area contributed by atoms with Crippen molar-refractivity contribution in [2.75, 3.05) is 7.11 Å². The molecule has 0 N–H and O–H groups in total. The van der Waals surface area contributed by atoms with Gasteiger partial charge in [0.1, 0.15) is 5.75 Å². The lowest BCUT2D eigenvalue weighted by Crippen LogP contribution is -1.79. The zero-order valence-electron chi connectivity index (χ0n) is 9.92. The van der Waals surface area contributed by atoms with Gasteiger partial charge in [0.05, 0.1) is 18.5 Å². The highest BCUT2D eigenvalue weighted by Gasteiger charge is 1.95. The first-order valence-corrected chi connectivity index (χ1v) is 5.41. The molecule has 0 aliphatic rings. The summed E-state index contributed by atoms with van der Waals surface area (Å²) in [4.78, 5) is 0. The second-order valence-electron chi connectivity index (χ2n) is 3.68. The number of nitrogens with zero attached hydrogens (tertiary/aromatic N) is 2. The Morgan fingerprint density at radius 3 is 2.24 bits per heavy atom. The van der Waals surface area contributed by atoms with Crippen LogP contribution >= 0.6 is 0 Å². The van der Waals surface area contributed by atoms with Gasteiger partial charge in [-0.2, -0.15) is 10.2 Å². The Labute approximate surface area is 101 Å². The number of hydrogen-bond acceptors (Lipinski definition) is 3. The van der Waals surface area contributed by atoms with Gasteiger partial charge >= 0.3 is 0 Å². The number of hydrogen-bond donors (Lipinski definition) is 0. The van der Waals surface area contributed by atoms with Gasteiger partial charge in [-0.15, -0.1) is 0 Å². The summed E-state index contributed by atoms with van der Waals surface area (Å²) in [5.74, 6) is 0.819. The molecule has 3 nitrogen and oxygen atoms in total. The molecule has 2 aromatic carbocycles. The van der Waals surface area contributed by atoms with Gasteiger partial charge in [-0.3, -0.25) is 0 Å². The topological polar surface area (TPSA) is 34.0 Å². The van der Waals surface area contributed by atoms with Gasteiger partial charge in [0.15, 0.2) is 0 Å². The van der Waals surface area contributed by atoms with Gasteiger partial charge in [0, 0.05) is 0 Å². The molecule has 0 fully saturated rings. The van der Waals surface area contributed by atoms with Crippen LogP contribution in [-0.2, 0) is 0 Å². The van der Waals surface area contributed by atoms with Gasteiger partial charge in [-0.25, -0.2) is 0 Å². The summed E-state index contributed by atoms with van der Waals surface area (Å²) >= 11 is 0. The Kier molecular flexibility index (Phi) is 3.50. The van der Waals surface area contributed by atoms with Crippen LogP contribution in [0.15, 0.2) is 58.8 Å². The average molecular weight is 226 g/mol. The van der Waals surface area contributed by atoms with E-state index in [0.29, 0.717) is 0 Å². The number of methoxy groups -OCH3 is 1. The van der Waals surface area contributed by atoms with Gasteiger partial charge < -0.3 is 4.74 Å². The summed E-state index contributed by atoms with van der Waals surface area (Å²) in [6, 6.07) is 15.4. The smallest absolute Gasteiger partial charge is 0.119 e. The van der Waals surface area contributed by atoms with Crippen LogP contribution < -0.4 is 4.74 Å². The minimum atomic E-state index is 0.814. The van der Waals surface area contributed by atoms with E-state index < -0.39 is 0 Å². The highest BCUT2D eigenvalue weighted by Crippen LogP contribution is 2.22. The number of aryl methyl sites for hydroxylation is 1. The fraction of sp³-hybridized carbons (Fsp3) is 0.143. The van der Waals surface area contributed by atoms with E-state index in [-0.39, 0.29) is 0 Å². The Morgan fingerprint density at radius 2 is 1.59 bits per heavy atom. The fourth-order valence-electron chi connectivity index (χ4n) is 1.44. The molecule has 0 unspecified atom stereocenters. The number of ether oxygens (including phenoxy) is 1. The molecule has 0 amide bonds. The largest absolute Gasteiger partial charge is 0.497 e. The normalized spacial score (nSPS) is 10.7. The van der Waals surface area contributed by atoms with Crippen molar-refractivity contribution in [1.82, 2.24) is 0 Å². The van der Waals surface area contributed by atoms with Crippen molar-refractivity contribution in [3.05, 3.63) is 54.1 Å². The third-order valence-corrected chi connectivity index (χ3v) is 2.46. The molecule has 2 rings (SSSR count). The van der Waals surface area contributed by atoms with E-state index in [1.807, 2.05) is 55.5 Å². The first-order valence-electron chi connectivity index (χ1n) is 5.41. The Balaban J connectivity index is 2.17. The minimum Gasteiger partial charge on any atom is -0.497 e. The maximum absolute atomic E-state index is 5.08. The highest BCUT2D eigenvalue weighted by molar-refractivity contribution is 5.46. The number of rotatable bonds is 3. The van der Waals surface area contributed by atoms with E-state index in [9.17, 15) is 0 Å². The molecule has 17 heavy (non-hydrogen) atoms. The van der Waals surface area contributed by atoms with Crippen LogP contribution in [0.5, 0.6) is 5.75 Å². The molecule has 86 valence electrons. The summed E-state index contributed by atoms with van der Waals surface area (Å²) in [6.45, 7) is 2.02. The van der Waals surface area contributed by atoms with Crippen LogP contribution in [0.25, 0.3) is 0 Å². The molecule has 0 spiro atoms. The van der Waals surface area contributed by atoms with Gasteiger partial charge in [0.2, 0.25) is 0 Å². The second-order valence-corrected chi connectivity index (χ2v) is 3.68. The summed E-state index contributed by atoms with van der Waals surface area (Å²) in [7, 11) is 1.64. The molecule has 3 heteroatoms. The molecule has 0 aromatic heterocycles. The van der Waals surface area contributed by atoms with Crippen molar-refractivity contribution in [3.63, 3.8) is 0 Å². The van der Waals surface area contributed by atoms with Crippen LogP contribution in [0.3, 0.4) is 0 Å². The second kappa shape index (κ2) is 5.25. The molecule has 0 aliphatic heterocycles. The van der Waals surface area contributed by atoms with Crippen LogP contribution in [0.4, 0.5) is 11.4 Å². The standard InChI is InChI=1S/C14H14N2O/c1-11-5-3-4-6-14(11)16-15-12-7-9-13(17-2)10-8-12/h3-10H,1-2H3. The molecule has 2 aromatic rings. The van der Waals surface area contributed by atoms with E-state index in [0.717, 1.165) is 22.7 Å². The lowest BCUT2D eigenvalue weighted by molar-refractivity contribution is 0.415. The maximum Gasteiger partial charge on any atom is 0.119 e. The van der Waals surface area contributed by atoms with E-state index in [2.05, 4.69) is 10.2 Å². The number of benzene rings is 2. The SMILES string of the molecule is COc1ccc(N=Nc2ccccc2C)cc1. The molecule has 0 radical (unpaired) electrons. The molecule has 0 saturated carbocycles. The summed E-state index contributed by atoms with van der Waals surface area (Å²) in [6.07, 6.45) is 0. The first-order chi connectivity index (χ1) is 8.29. The van der Waals surface area contributed by atoms with E-state index in [4.69, 9.17) is 4.74 Å². The zero-order chi connectivity index (χ0) is 12.1. The van der Waals surface area contributed by atoms with Crippen molar-refractivity contribution < 1.29 is 4.74 Å². The molecule has 0 atom stereocenters. The maximum atomic E-state index is 5.08. The summed E-state index contributed by atoms with van der Waals surface area (Å²) < 4.78 is 5.08. The Hall–Kier alpha value is -2.16. The molecular formula is C14H14N2O. The van der Waals surface area contributed by atoms with E-state index in [1.165, 1.54) is 0 Å². The van der Waals surface area contributed by atoms with Crippen molar-refractivity contribution in [2.45, 2.75) is 6.92 Å². The molecule has 0 saturated heterocycles. The predicted molar refractivity (Wildman–Crippen MR) is 68.3 cm³/mol.